The standard InChI is InChI=1S/C16H14ClFN2O2S/c17-12-5-3-4-11(8-12)9-23-10-15(21)19-20-16(22)13-6-1-2-7-14(13)18/h1-8H,9-10H2,(H,19,21)(H,20,22). The van der Waals surface area contributed by atoms with Crippen molar-refractivity contribution < 1.29 is 14.0 Å². The van der Waals surface area contributed by atoms with Gasteiger partial charge in [-0.3, -0.25) is 20.4 Å². The minimum Gasteiger partial charge on any atom is -0.272 e. The Labute approximate surface area is 142 Å². The van der Waals surface area contributed by atoms with Gasteiger partial charge in [0, 0.05) is 10.8 Å². The van der Waals surface area contributed by atoms with Crippen molar-refractivity contribution in [3.05, 3.63) is 70.5 Å². The van der Waals surface area contributed by atoms with Crippen molar-refractivity contribution in [3.8, 4) is 0 Å². The molecule has 2 rings (SSSR count). The lowest BCUT2D eigenvalue weighted by Gasteiger charge is -2.08. The van der Waals surface area contributed by atoms with Crippen molar-refractivity contribution in [2.75, 3.05) is 5.75 Å². The number of amides is 2. The topological polar surface area (TPSA) is 58.2 Å². The van der Waals surface area contributed by atoms with E-state index >= 15 is 0 Å². The van der Waals surface area contributed by atoms with Crippen LogP contribution in [0.4, 0.5) is 4.39 Å². The number of rotatable bonds is 5. The fraction of sp³-hybridized carbons (Fsp3) is 0.125. The molecule has 0 aliphatic rings. The number of halogens is 2. The van der Waals surface area contributed by atoms with Crippen LogP contribution in [0.25, 0.3) is 0 Å². The van der Waals surface area contributed by atoms with Crippen molar-refractivity contribution in [1.82, 2.24) is 10.9 Å². The van der Waals surface area contributed by atoms with Crippen molar-refractivity contribution in [2.45, 2.75) is 5.75 Å². The van der Waals surface area contributed by atoms with Gasteiger partial charge in [0.25, 0.3) is 5.91 Å². The molecule has 0 spiro atoms. The zero-order valence-corrected chi connectivity index (χ0v) is 13.6. The smallest absolute Gasteiger partial charge is 0.272 e. The molecule has 23 heavy (non-hydrogen) atoms. The summed E-state index contributed by atoms with van der Waals surface area (Å²) >= 11 is 7.25. The number of thioether (sulfide) groups is 1. The average molecular weight is 353 g/mol. The Bertz CT molecular complexity index is 712. The molecule has 0 saturated carbocycles. The lowest BCUT2D eigenvalue weighted by molar-refractivity contribution is -0.119. The third-order valence-corrected chi connectivity index (χ3v) is 4.06. The average Bonchev–Trinajstić information content (AvgIpc) is 2.53. The fourth-order valence-corrected chi connectivity index (χ4v) is 2.75. The van der Waals surface area contributed by atoms with Gasteiger partial charge in [-0.05, 0) is 29.8 Å². The molecule has 120 valence electrons. The van der Waals surface area contributed by atoms with Crippen LogP contribution in [-0.4, -0.2) is 17.6 Å². The summed E-state index contributed by atoms with van der Waals surface area (Å²) in [6.07, 6.45) is 0. The van der Waals surface area contributed by atoms with Gasteiger partial charge in [0.2, 0.25) is 5.91 Å². The van der Waals surface area contributed by atoms with E-state index in [4.69, 9.17) is 11.6 Å². The minimum absolute atomic E-state index is 0.126. The largest absolute Gasteiger partial charge is 0.272 e. The molecule has 0 heterocycles. The third kappa shape index (κ3) is 5.58. The summed E-state index contributed by atoms with van der Waals surface area (Å²) in [5.74, 6) is -0.938. The lowest BCUT2D eigenvalue weighted by Crippen LogP contribution is -2.42. The number of nitrogens with one attached hydrogen (secondary N) is 2. The Morgan fingerprint density at radius 2 is 1.87 bits per heavy atom. The molecule has 0 fully saturated rings. The molecule has 0 aliphatic heterocycles. The molecule has 4 nitrogen and oxygen atoms in total. The van der Waals surface area contributed by atoms with E-state index in [1.807, 2.05) is 18.2 Å². The maximum Gasteiger partial charge on any atom is 0.272 e. The van der Waals surface area contributed by atoms with Crippen LogP contribution in [0.15, 0.2) is 48.5 Å². The second-order valence-electron chi connectivity index (χ2n) is 4.60. The maximum absolute atomic E-state index is 13.4. The summed E-state index contributed by atoms with van der Waals surface area (Å²) in [4.78, 5) is 23.4. The zero-order chi connectivity index (χ0) is 16.7. The first-order valence-corrected chi connectivity index (χ1v) is 8.25. The Hall–Kier alpha value is -2.05. The lowest BCUT2D eigenvalue weighted by atomic mass is 10.2. The molecular formula is C16H14ClFN2O2S. The highest BCUT2D eigenvalue weighted by atomic mass is 35.5. The van der Waals surface area contributed by atoms with Gasteiger partial charge in [0.1, 0.15) is 5.82 Å². The van der Waals surface area contributed by atoms with E-state index < -0.39 is 11.7 Å². The monoisotopic (exact) mass is 352 g/mol. The molecule has 0 unspecified atom stereocenters. The van der Waals surface area contributed by atoms with Crippen molar-refractivity contribution >= 4 is 35.2 Å². The van der Waals surface area contributed by atoms with Crippen LogP contribution in [0.2, 0.25) is 5.02 Å². The van der Waals surface area contributed by atoms with Crippen LogP contribution in [0.3, 0.4) is 0 Å². The number of hydrogen-bond donors (Lipinski definition) is 2. The molecule has 2 aromatic carbocycles. The molecule has 0 aromatic heterocycles. The van der Waals surface area contributed by atoms with Crippen LogP contribution < -0.4 is 10.9 Å². The Balaban J connectivity index is 1.73. The van der Waals surface area contributed by atoms with E-state index in [2.05, 4.69) is 10.9 Å². The first-order chi connectivity index (χ1) is 11.1. The summed E-state index contributed by atoms with van der Waals surface area (Å²) in [5, 5.41) is 0.643. The van der Waals surface area contributed by atoms with Crippen LogP contribution in [0.5, 0.6) is 0 Å². The van der Waals surface area contributed by atoms with Crippen LogP contribution in [-0.2, 0) is 10.5 Å². The zero-order valence-electron chi connectivity index (χ0n) is 12.0. The molecule has 2 N–H and O–H groups in total. The summed E-state index contributed by atoms with van der Waals surface area (Å²) < 4.78 is 13.4. The summed E-state index contributed by atoms with van der Waals surface area (Å²) in [6, 6.07) is 12.9. The third-order valence-electron chi connectivity index (χ3n) is 2.82. The van der Waals surface area contributed by atoms with E-state index in [1.165, 1.54) is 30.0 Å². The van der Waals surface area contributed by atoms with Gasteiger partial charge in [-0.15, -0.1) is 11.8 Å². The first-order valence-electron chi connectivity index (χ1n) is 6.72. The molecule has 2 amide bonds. The Kier molecular flexibility index (Phi) is 6.43. The van der Waals surface area contributed by atoms with Crippen molar-refractivity contribution in [2.24, 2.45) is 0 Å². The normalized spacial score (nSPS) is 10.2. The number of carbonyl (C=O) groups is 2. The van der Waals surface area contributed by atoms with Crippen molar-refractivity contribution in [3.63, 3.8) is 0 Å². The molecular weight excluding hydrogens is 339 g/mol. The molecule has 0 aliphatic carbocycles. The highest BCUT2D eigenvalue weighted by Gasteiger charge is 2.11. The molecule has 0 radical (unpaired) electrons. The van der Waals surface area contributed by atoms with Gasteiger partial charge in [0.15, 0.2) is 0 Å². The molecule has 0 atom stereocenters. The molecule has 7 heteroatoms. The number of hydrogen-bond acceptors (Lipinski definition) is 3. The predicted octanol–water partition coefficient (Wildman–Crippen LogP) is 3.17. The van der Waals surface area contributed by atoms with E-state index in [9.17, 15) is 14.0 Å². The summed E-state index contributed by atoms with van der Waals surface area (Å²) in [5.41, 5.74) is 5.32. The quantitative estimate of drug-likeness (QED) is 0.813. The van der Waals surface area contributed by atoms with Crippen LogP contribution in [0, 0.1) is 5.82 Å². The van der Waals surface area contributed by atoms with Crippen LogP contribution in [0.1, 0.15) is 15.9 Å². The van der Waals surface area contributed by atoms with Gasteiger partial charge in [-0.1, -0.05) is 35.9 Å². The SMILES string of the molecule is O=C(CSCc1cccc(Cl)c1)NNC(=O)c1ccccc1F. The van der Waals surface area contributed by atoms with Gasteiger partial charge in [-0.2, -0.15) is 0 Å². The maximum atomic E-state index is 13.4. The fourth-order valence-electron chi connectivity index (χ4n) is 1.76. The molecule has 0 saturated heterocycles. The Morgan fingerprint density at radius 3 is 2.61 bits per heavy atom. The summed E-state index contributed by atoms with van der Waals surface area (Å²) in [7, 11) is 0. The van der Waals surface area contributed by atoms with E-state index in [-0.39, 0.29) is 17.2 Å². The molecule has 2 aromatic rings. The number of benzene rings is 2. The van der Waals surface area contributed by atoms with Gasteiger partial charge < -0.3 is 0 Å². The van der Waals surface area contributed by atoms with Gasteiger partial charge >= 0.3 is 0 Å². The van der Waals surface area contributed by atoms with E-state index in [0.717, 1.165) is 5.56 Å². The van der Waals surface area contributed by atoms with Crippen molar-refractivity contribution in [1.29, 1.82) is 0 Å². The molecule has 0 bridgehead atoms. The predicted molar refractivity (Wildman–Crippen MR) is 89.6 cm³/mol. The first kappa shape index (κ1) is 17.3. The van der Waals surface area contributed by atoms with Gasteiger partial charge in [0.05, 0.1) is 11.3 Å². The second-order valence-corrected chi connectivity index (χ2v) is 6.03. The number of hydrazine groups is 1. The second kappa shape index (κ2) is 8.55. The van der Waals surface area contributed by atoms with Gasteiger partial charge in [-0.25, -0.2) is 4.39 Å². The highest BCUT2D eigenvalue weighted by molar-refractivity contribution is 7.99. The summed E-state index contributed by atoms with van der Waals surface area (Å²) in [6.45, 7) is 0. The Morgan fingerprint density at radius 1 is 1.09 bits per heavy atom. The minimum atomic E-state index is -0.698. The van der Waals surface area contributed by atoms with Crippen LogP contribution >= 0.6 is 23.4 Å². The van der Waals surface area contributed by atoms with E-state index in [0.29, 0.717) is 10.8 Å². The number of carbonyl (C=O) groups excluding carboxylic acids is 2. The van der Waals surface area contributed by atoms with E-state index in [1.54, 1.807) is 12.1 Å². The highest BCUT2D eigenvalue weighted by Crippen LogP contribution is 2.16.